The molecule has 102 valence electrons. The normalized spacial score (nSPS) is 12.6. The minimum atomic E-state index is -0.843. The molecule has 1 aromatic rings. The fourth-order valence-electron chi connectivity index (χ4n) is 1.74. The molecule has 0 aliphatic carbocycles. The van der Waals surface area contributed by atoms with Gasteiger partial charge in [0.15, 0.2) is 5.82 Å². The van der Waals surface area contributed by atoms with Crippen molar-refractivity contribution in [2.75, 3.05) is 6.61 Å². The van der Waals surface area contributed by atoms with Gasteiger partial charge in [-0.3, -0.25) is 4.79 Å². The van der Waals surface area contributed by atoms with E-state index >= 15 is 0 Å². The third kappa shape index (κ3) is 4.40. The molecule has 0 aliphatic rings. The third-order valence-electron chi connectivity index (χ3n) is 2.52. The second-order valence-electron chi connectivity index (χ2n) is 4.13. The van der Waals surface area contributed by atoms with Crippen LogP contribution in [0.1, 0.15) is 51.4 Å². The van der Waals surface area contributed by atoms with Crippen molar-refractivity contribution in [2.24, 2.45) is 0 Å². The largest absolute Gasteiger partial charge is 0.481 e. The predicted molar refractivity (Wildman–Crippen MR) is 64.0 cm³/mol. The summed E-state index contributed by atoms with van der Waals surface area (Å²) in [5.74, 6) is -0.257. The van der Waals surface area contributed by atoms with Crippen LogP contribution in [0.4, 0.5) is 0 Å². The lowest BCUT2D eigenvalue weighted by Crippen LogP contribution is -2.18. The number of ether oxygens (including phenoxy) is 1. The number of hydrogen-bond donors (Lipinski definition) is 1. The zero-order valence-electron chi connectivity index (χ0n) is 10.9. The van der Waals surface area contributed by atoms with Gasteiger partial charge in [-0.2, -0.15) is 0 Å². The highest BCUT2D eigenvalue weighted by Crippen LogP contribution is 2.18. The molecule has 0 spiro atoms. The Hall–Kier alpha value is -1.50. The first kappa shape index (κ1) is 14.6. The van der Waals surface area contributed by atoms with Crippen LogP contribution in [0, 0.1) is 0 Å². The van der Waals surface area contributed by atoms with Crippen molar-refractivity contribution < 1.29 is 14.6 Å². The molecular weight excluding hydrogens is 236 g/mol. The van der Waals surface area contributed by atoms with E-state index in [4.69, 9.17) is 9.84 Å². The number of aromatic nitrogens is 4. The summed E-state index contributed by atoms with van der Waals surface area (Å²) in [4.78, 5) is 10.8. The highest BCUT2D eigenvalue weighted by atomic mass is 16.5. The molecule has 0 saturated carbocycles. The average Bonchev–Trinajstić information content (AvgIpc) is 2.76. The SMILES string of the molecule is CCCOCc1nnnn1C(CCC)CC(=O)O. The van der Waals surface area contributed by atoms with Crippen molar-refractivity contribution in [1.29, 1.82) is 0 Å². The van der Waals surface area contributed by atoms with Crippen LogP contribution in [0.25, 0.3) is 0 Å². The molecule has 0 bridgehead atoms. The van der Waals surface area contributed by atoms with Crippen molar-refractivity contribution in [3.8, 4) is 0 Å². The van der Waals surface area contributed by atoms with Crippen molar-refractivity contribution in [3.63, 3.8) is 0 Å². The van der Waals surface area contributed by atoms with Crippen LogP contribution in [-0.4, -0.2) is 37.9 Å². The number of hydrogen-bond acceptors (Lipinski definition) is 5. The predicted octanol–water partition coefficient (Wildman–Crippen LogP) is 1.42. The lowest BCUT2D eigenvalue weighted by atomic mass is 10.1. The maximum absolute atomic E-state index is 10.8. The molecule has 1 rings (SSSR count). The van der Waals surface area contributed by atoms with Gasteiger partial charge in [0.1, 0.15) is 6.61 Å². The molecule has 1 aromatic heterocycles. The average molecular weight is 256 g/mol. The summed E-state index contributed by atoms with van der Waals surface area (Å²) in [6.45, 7) is 4.99. The topological polar surface area (TPSA) is 90.1 Å². The first-order valence-electron chi connectivity index (χ1n) is 6.25. The quantitative estimate of drug-likeness (QED) is 0.672. The maximum Gasteiger partial charge on any atom is 0.305 e. The number of carbonyl (C=O) groups is 1. The molecule has 1 heterocycles. The Morgan fingerprint density at radius 1 is 1.44 bits per heavy atom. The zero-order valence-corrected chi connectivity index (χ0v) is 10.9. The van der Waals surface area contributed by atoms with E-state index < -0.39 is 5.97 Å². The fraction of sp³-hybridized carbons (Fsp3) is 0.818. The van der Waals surface area contributed by atoms with Gasteiger partial charge in [0.05, 0.1) is 12.5 Å². The Labute approximate surface area is 106 Å². The van der Waals surface area contributed by atoms with Crippen LogP contribution in [-0.2, 0) is 16.1 Å². The molecule has 0 saturated heterocycles. The van der Waals surface area contributed by atoms with Crippen molar-refractivity contribution in [2.45, 2.75) is 52.2 Å². The first-order valence-corrected chi connectivity index (χ1v) is 6.25. The Morgan fingerprint density at radius 3 is 2.83 bits per heavy atom. The van der Waals surface area contributed by atoms with Gasteiger partial charge in [-0.05, 0) is 23.3 Å². The van der Waals surface area contributed by atoms with Crippen molar-refractivity contribution >= 4 is 5.97 Å². The molecule has 1 unspecified atom stereocenters. The standard InChI is InChI=1S/C11H20N4O3/c1-3-5-9(7-11(16)17)15-10(12-13-14-15)8-18-6-4-2/h9H,3-8H2,1-2H3,(H,16,17). The van der Waals surface area contributed by atoms with Crippen LogP contribution < -0.4 is 0 Å². The van der Waals surface area contributed by atoms with E-state index in [1.54, 1.807) is 4.68 Å². The number of nitrogens with zero attached hydrogens (tertiary/aromatic N) is 4. The van der Waals surface area contributed by atoms with E-state index in [-0.39, 0.29) is 12.5 Å². The van der Waals surface area contributed by atoms with Gasteiger partial charge in [-0.1, -0.05) is 20.3 Å². The summed E-state index contributed by atoms with van der Waals surface area (Å²) < 4.78 is 6.97. The lowest BCUT2D eigenvalue weighted by Gasteiger charge is -2.15. The number of aliphatic carboxylic acids is 1. The van der Waals surface area contributed by atoms with Crippen molar-refractivity contribution in [3.05, 3.63) is 5.82 Å². The van der Waals surface area contributed by atoms with Gasteiger partial charge in [-0.25, -0.2) is 4.68 Å². The summed E-state index contributed by atoms with van der Waals surface area (Å²) in [5.41, 5.74) is 0. The lowest BCUT2D eigenvalue weighted by molar-refractivity contribution is -0.138. The molecule has 0 aliphatic heterocycles. The van der Waals surface area contributed by atoms with Crippen molar-refractivity contribution in [1.82, 2.24) is 20.2 Å². The van der Waals surface area contributed by atoms with E-state index in [0.29, 0.717) is 19.0 Å². The van der Waals surface area contributed by atoms with Gasteiger partial charge >= 0.3 is 5.97 Å². The molecule has 0 radical (unpaired) electrons. The zero-order chi connectivity index (χ0) is 13.4. The van der Waals surface area contributed by atoms with E-state index in [9.17, 15) is 4.79 Å². The first-order chi connectivity index (χ1) is 8.69. The van der Waals surface area contributed by atoms with Crippen LogP contribution in [0.3, 0.4) is 0 Å². The molecule has 18 heavy (non-hydrogen) atoms. The Kier molecular flexibility index (Phi) is 6.27. The molecule has 0 aromatic carbocycles. The second-order valence-corrected chi connectivity index (χ2v) is 4.13. The summed E-state index contributed by atoms with van der Waals surface area (Å²) in [5, 5.41) is 20.3. The van der Waals surface area contributed by atoms with Crippen LogP contribution in [0.5, 0.6) is 0 Å². The summed E-state index contributed by atoms with van der Waals surface area (Å²) >= 11 is 0. The smallest absolute Gasteiger partial charge is 0.305 e. The summed E-state index contributed by atoms with van der Waals surface area (Å²) in [7, 11) is 0. The monoisotopic (exact) mass is 256 g/mol. The molecule has 1 atom stereocenters. The van der Waals surface area contributed by atoms with E-state index in [0.717, 1.165) is 19.3 Å². The van der Waals surface area contributed by atoms with Gasteiger partial charge in [0.25, 0.3) is 0 Å². The van der Waals surface area contributed by atoms with E-state index in [2.05, 4.69) is 15.5 Å². The van der Waals surface area contributed by atoms with E-state index in [1.807, 2.05) is 13.8 Å². The Morgan fingerprint density at radius 2 is 2.22 bits per heavy atom. The Balaban J connectivity index is 2.71. The van der Waals surface area contributed by atoms with Crippen LogP contribution >= 0.6 is 0 Å². The maximum atomic E-state index is 10.8. The molecular formula is C11H20N4O3. The Bertz CT molecular complexity index is 367. The highest BCUT2D eigenvalue weighted by Gasteiger charge is 2.19. The summed E-state index contributed by atoms with van der Waals surface area (Å²) in [6, 6.07) is -0.206. The summed E-state index contributed by atoms with van der Waals surface area (Å²) in [6.07, 6.45) is 2.57. The number of tetrazole rings is 1. The van der Waals surface area contributed by atoms with Gasteiger partial charge in [0.2, 0.25) is 0 Å². The van der Waals surface area contributed by atoms with Gasteiger partial charge in [-0.15, -0.1) is 5.10 Å². The minimum Gasteiger partial charge on any atom is -0.481 e. The highest BCUT2D eigenvalue weighted by molar-refractivity contribution is 5.67. The van der Waals surface area contributed by atoms with Crippen LogP contribution in [0.2, 0.25) is 0 Å². The molecule has 0 fully saturated rings. The molecule has 7 nitrogen and oxygen atoms in total. The van der Waals surface area contributed by atoms with Crippen LogP contribution in [0.15, 0.2) is 0 Å². The van der Waals surface area contributed by atoms with Gasteiger partial charge < -0.3 is 9.84 Å². The number of rotatable bonds is 9. The van der Waals surface area contributed by atoms with Gasteiger partial charge in [0, 0.05) is 6.61 Å². The number of carboxylic acids is 1. The second kappa shape index (κ2) is 7.75. The molecule has 0 amide bonds. The number of carboxylic acid groups (broad SMARTS) is 1. The molecule has 1 N–H and O–H groups in total. The minimum absolute atomic E-state index is 0.0274. The fourth-order valence-corrected chi connectivity index (χ4v) is 1.74. The molecule has 7 heteroatoms. The van der Waals surface area contributed by atoms with E-state index in [1.165, 1.54) is 0 Å². The third-order valence-corrected chi connectivity index (χ3v) is 2.52.